The van der Waals surface area contributed by atoms with E-state index in [1.54, 1.807) is 0 Å². The number of rotatable bonds is 6. The number of hydrogen-bond donors (Lipinski definition) is 1. The fourth-order valence-corrected chi connectivity index (χ4v) is 3.04. The van der Waals surface area contributed by atoms with Gasteiger partial charge in [-0.3, -0.25) is 4.79 Å². The average molecular weight is 385 g/mol. The van der Waals surface area contributed by atoms with E-state index in [0.717, 1.165) is 21.5 Å². The Labute approximate surface area is 160 Å². The Bertz CT molecular complexity index is 952. The molecule has 27 heavy (non-hydrogen) atoms. The monoisotopic (exact) mass is 385 g/mol. The molecule has 0 bridgehead atoms. The summed E-state index contributed by atoms with van der Waals surface area (Å²) < 4.78 is 5.17. The maximum atomic E-state index is 12.3. The second-order valence-electron chi connectivity index (χ2n) is 6.10. The van der Waals surface area contributed by atoms with E-state index >= 15 is 0 Å². The number of aryl methyl sites for hydroxylation is 2. The van der Waals surface area contributed by atoms with Crippen molar-refractivity contribution in [3.05, 3.63) is 46.2 Å². The van der Waals surface area contributed by atoms with E-state index in [9.17, 15) is 9.59 Å². The Kier molecular flexibility index (Phi) is 5.60. The smallest absolute Gasteiger partial charge is 0.330 e. The SMILES string of the molecule is Cc1ccc(NC(=O)[C@@H](C)OC(=O)Cn2nnc(-c3ccsc3)n2)c(C)c1. The normalized spacial score (nSPS) is 11.8. The third-order valence-corrected chi connectivity index (χ3v) is 4.50. The van der Waals surface area contributed by atoms with Crippen LogP contribution < -0.4 is 5.32 Å². The summed E-state index contributed by atoms with van der Waals surface area (Å²) in [5.74, 6) is -0.585. The van der Waals surface area contributed by atoms with Crippen LogP contribution in [0.3, 0.4) is 0 Å². The van der Waals surface area contributed by atoms with Gasteiger partial charge in [-0.15, -0.1) is 10.2 Å². The number of anilines is 1. The third-order valence-electron chi connectivity index (χ3n) is 3.82. The predicted octanol–water partition coefficient (Wildman–Crippen LogP) is 2.59. The molecule has 0 aliphatic rings. The summed E-state index contributed by atoms with van der Waals surface area (Å²) in [6.07, 6.45) is -0.946. The molecule has 0 saturated carbocycles. The van der Waals surface area contributed by atoms with Crippen molar-refractivity contribution < 1.29 is 14.3 Å². The Morgan fingerprint density at radius 1 is 1.30 bits per heavy atom. The lowest BCUT2D eigenvalue weighted by Gasteiger charge is -2.14. The second kappa shape index (κ2) is 8.09. The first-order valence-corrected chi connectivity index (χ1v) is 9.24. The van der Waals surface area contributed by atoms with Crippen LogP contribution in [0.1, 0.15) is 18.1 Å². The van der Waals surface area contributed by atoms with Crippen LogP contribution in [0.4, 0.5) is 5.69 Å². The Hall–Kier alpha value is -3.07. The van der Waals surface area contributed by atoms with Crippen molar-refractivity contribution in [2.45, 2.75) is 33.4 Å². The molecular weight excluding hydrogens is 366 g/mol. The number of aromatic nitrogens is 4. The van der Waals surface area contributed by atoms with Crippen LogP contribution in [-0.2, 0) is 20.9 Å². The van der Waals surface area contributed by atoms with Gasteiger partial charge in [0.25, 0.3) is 5.91 Å². The fourth-order valence-electron chi connectivity index (χ4n) is 2.41. The van der Waals surface area contributed by atoms with E-state index in [0.29, 0.717) is 11.5 Å². The Morgan fingerprint density at radius 2 is 2.11 bits per heavy atom. The number of carbonyl (C=O) groups excluding carboxylic acids is 2. The molecule has 140 valence electrons. The summed E-state index contributed by atoms with van der Waals surface area (Å²) in [5, 5.41) is 18.4. The topological polar surface area (TPSA) is 99.0 Å². The average Bonchev–Trinajstić information content (AvgIpc) is 3.28. The molecule has 2 heterocycles. The van der Waals surface area contributed by atoms with Crippen LogP contribution in [0.25, 0.3) is 11.4 Å². The van der Waals surface area contributed by atoms with E-state index in [4.69, 9.17) is 4.74 Å². The first-order chi connectivity index (χ1) is 12.9. The number of benzene rings is 1. The number of ether oxygens (including phenoxy) is 1. The van der Waals surface area contributed by atoms with Crippen LogP contribution in [0.2, 0.25) is 0 Å². The van der Waals surface area contributed by atoms with Gasteiger partial charge in [-0.05, 0) is 49.1 Å². The molecule has 2 aromatic heterocycles. The molecule has 8 nitrogen and oxygen atoms in total. The Balaban J connectivity index is 1.54. The minimum Gasteiger partial charge on any atom is -0.451 e. The van der Waals surface area contributed by atoms with Gasteiger partial charge in [-0.25, -0.2) is 4.79 Å². The molecular formula is C18H19N5O3S. The van der Waals surface area contributed by atoms with E-state index in [-0.39, 0.29) is 6.54 Å². The number of thiophene rings is 1. The highest BCUT2D eigenvalue weighted by molar-refractivity contribution is 7.08. The van der Waals surface area contributed by atoms with Crippen LogP contribution in [-0.4, -0.2) is 38.2 Å². The van der Waals surface area contributed by atoms with E-state index in [1.807, 2.05) is 48.9 Å². The van der Waals surface area contributed by atoms with Crippen molar-refractivity contribution in [2.24, 2.45) is 0 Å². The lowest BCUT2D eigenvalue weighted by molar-refractivity contribution is -0.154. The zero-order chi connectivity index (χ0) is 19.4. The summed E-state index contributed by atoms with van der Waals surface area (Å²) in [4.78, 5) is 25.5. The zero-order valence-electron chi connectivity index (χ0n) is 15.2. The zero-order valence-corrected chi connectivity index (χ0v) is 16.0. The lowest BCUT2D eigenvalue weighted by atomic mass is 10.1. The van der Waals surface area contributed by atoms with Gasteiger partial charge in [-0.2, -0.15) is 16.1 Å². The predicted molar refractivity (Wildman–Crippen MR) is 101 cm³/mol. The molecule has 0 spiro atoms. The van der Waals surface area contributed by atoms with Gasteiger partial charge in [0.1, 0.15) is 0 Å². The van der Waals surface area contributed by atoms with Crippen molar-refractivity contribution >= 4 is 28.9 Å². The maximum Gasteiger partial charge on any atom is 0.330 e. The molecule has 3 rings (SSSR count). The number of amides is 1. The highest BCUT2D eigenvalue weighted by Gasteiger charge is 2.19. The van der Waals surface area contributed by atoms with E-state index in [1.165, 1.54) is 18.3 Å². The summed E-state index contributed by atoms with van der Waals surface area (Å²) in [6, 6.07) is 7.56. The van der Waals surface area contributed by atoms with Gasteiger partial charge in [0.15, 0.2) is 12.6 Å². The molecule has 1 amide bonds. The van der Waals surface area contributed by atoms with Gasteiger partial charge in [-0.1, -0.05) is 17.7 Å². The molecule has 9 heteroatoms. The summed E-state index contributed by atoms with van der Waals surface area (Å²) in [7, 11) is 0. The Morgan fingerprint density at radius 3 is 2.81 bits per heavy atom. The first kappa shape index (κ1) is 18.7. The number of nitrogens with zero attached hydrogens (tertiary/aromatic N) is 4. The van der Waals surface area contributed by atoms with Crippen molar-refractivity contribution in [3.8, 4) is 11.4 Å². The molecule has 0 aliphatic heterocycles. The molecule has 0 aliphatic carbocycles. The third kappa shape index (κ3) is 4.76. The van der Waals surface area contributed by atoms with Crippen molar-refractivity contribution in [2.75, 3.05) is 5.32 Å². The second-order valence-corrected chi connectivity index (χ2v) is 6.88. The van der Waals surface area contributed by atoms with Crippen molar-refractivity contribution in [3.63, 3.8) is 0 Å². The number of hydrogen-bond acceptors (Lipinski definition) is 7. The quantitative estimate of drug-likeness (QED) is 0.655. The number of nitrogens with one attached hydrogen (secondary N) is 1. The fraction of sp³-hybridized carbons (Fsp3) is 0.278. The maximum absolute atomic E-state index is 12.3. The molecule has 3 aromatic rings. The highest BCUT2D eigenvalue weighted by Crippen LogP contribution is 2.17. The van der Waals surface area contributed by atoms with E-state index < -0.39 is 18.0 Å². The van der Waals surface area contributed by atoms with Crippen LogP contribution >= 0.6 is 11.3 Å². The number of carbonyl (C=O) groups is 2. The van der Waals surface area contributed by atoms with Crippen LogP contribution in [0.15, 0.2) is 35.0 Å². The van der Waals surface area contributed by atoms with Crippen molar-refractivity contribution in [1.82, 2.24) is 20.2 Å². The lowest BCUT2D eigenvalue weighted by Crippen LogP contribution is -2.31. The molecule has 0 saturated heterocycles. The molecule has 0 radical (unpaired) electrons. The largest absolute Gasteiger partial charge is 0.451 e. The van der Waals surface area contributed by atoms with Crippen molar-refractivity contribution in [1.29, 1.82) is 0 Å². The van der Waals surface area contributed by atoms with Crippen LogP contribution in [0, 0.1) is 13.8 Å². The molecule has 1 N–H and O–H groups in total. The van der Waals surface area contributed by atoms with Gasteiger partial charge < -0.3 is 10.1 Å². The highest BCUT2D eigenvalue weighted by atomic mass is 32.1. The minimum atomic E-state index is -0.946. The summed E-state index contributed by atoms with van der Waals surface area (Å²) in [6.45, 7) is 5.17. The molecule has 0 fully saturated rings. The molecule has 0 unspecified atom stereocenters. The number of esters is 1. The molecule has 1 aromatic carbocycles. The number of tetrazole rings is 1. The van der Waals surface area contributed by atoms with Gasteiger partial charge in [0.05, 0.1) is 0 Å². The van der Waals surface area contributed by atoms with Gasteiger partial charge in [0.2, 0.25) is 5.82 Å². The minimum absolute atomic E-state index is 0.224. The summed E-state index contributed by atoms with van der Waals surface area (Å²) in [5.41, 5.74) is 3.56. The summed E-state index contributed by atoms with van der Waals surface area (Å²) >= 11 is 1.52. The first-order valence-electron chi connectivity index (χ1n) is 8.30. The van der Waals surface area contributed by atoms with Gasteiger partial charge >= 0.3 is 5.97 Å². The van der Waals surface area contributed by atoms with Crippen LogP contribution in [0.5, 0.6) is 0 Å². The molecule has 1 atom stereocenters. The van der Waals surface area contributed by atoms with E-state index in [2.05, 4.69) is 20.7 Å². The van der Waals surface area contributed by atoms with Gasteiger partial charge in [0, 0.05) is 16.6 Å². The standard InChI is InChI=1S/C18H19N5O3S/c1-11-4-5-15(12(2)8-11)19-18(25)13(3)26-16(24)9-23-21-17(20-22-23)14-6-7-27-10-14/h4-8,10,13H,9H2,1-3H3,(H,19,25)/t13-/m1/s1.